The van der Waals surface area contributed by atoms with Crippen LogP contribution in [0.1, 0.15) is 0 Å². The first-order chi connectivity index (χ1) is 13.7. The lowest BCUT2D eigenvalue weighted by atomic mass is 10.2. The van der Waals surface area contributed by atoms with Gasteiger partial charge in [0.05, 0.1) is 21.3 Å². The first kappa shape index (κ1) is 17.5. The second-order valence-corrected chi connectivity index (χ2v) is 5.76. The zero-order chi connectivity index (χ0) is 19.5. The normalized spacial score (nSPS) is 10.7. The van der Waals surface area contributed by atoms with Crippen LogP contribution in [0.25, 0.3) is 16.9 Å². The summed E-state index contributed by atoms with van der Waals surface area (Å²) in [6.07, 6.45) is 5.10. The number of hydrogen-bond donors (Lipinski definition) is 1. The van der Waals surface area contributed by atoms with E-state index in [4.69, 9.17) is 14.2 Å². The van der Waals surface area contributed by atoms with Crippen LogP contribution in [0.3, 0.4) is 0 Å². The van der Waals surface area contributed by atoms with Gasteiger partial charge in [0.1, 0.15) is 5.69 Å². The van der Waals surface area contributed by atoms with E-state index in [9.17, 15) is 0 Å². The minimum atomic E-state index is 0.433. The van der Waals surface area contributed by atoms with Crippen molar-refractivity contribution in [2.24, 2.45) is 0 Å². The van der Waals surface area contributed by atoms with E-state index in [2.05, 4.69) is 25.4 Å². The summed E-state index contributed by atoms with van der Waals surface area (Å²) in [4.78, 5) is 13.2. The molecule has 142 valence electrons. The van der Waals surface area contributed by atoms with Crippen LogP contribution in [0.4, 0.5) is 11.6 Å². The highest BCUT2D eigenvalue weighted by Gasteiger charge is 2.13. The number of hydrogen-bond acceptors (Lipinski definition) is 8. The molecule has 3 aromatic heterocycles. The molecule has 0 atom stereocenters. The predicted molar refractivity (Wildman–Crippen MR) is 103 cm³/mol. The van der Waals surface area contributed by atoms with E-state index in [1.165, 1.54) is 0 Å². The molecule has 4 aromatic rings. The second kappa shape index (κ2) is 7.39. The molecule has 28 heavy (non-hydrogen) atoms. The Morgan fingerprint density at radius 1 is 0.929 bits per heavy atom. The Morgan fingerprint density at radius 2 is 1.79 bits per heavy atom. The topological polar surface area (TPSA) is 95.7 Å². The summed E-state index contributed by atoms with van der Waals surface area (Å²) in [6.45, 7) is 0. The first-order valence-corrected chi connectivity index (χ1v) is 8.42. The van der Waals surface area contributed by atoms with E-state index in [1.54, 1.807) is 50.5 Å². The lowest BCUT2D eigenvalue weighted by Gasteiger charge is -2.09. The molecule has 1 aromatic carbocycles. The summed E-state index contributed by atoms with van der Waals surface area (Å²) in [6, 6.07) is 9.15. The number of methoxy groups -OCH3 is 3. The maximum Gasteiger partial charge on any atom is 0.247 e. The van der Waals surface area contributed by atoms with E-state index < -0.39 is 0 Å². The van der Waals surface area contributed by atoms with E-state index in [0.717, 1.165) is 11.3 Å². The van der Waals surface area contributed by atoms with Crippen molar-refractivity contribution in [1.29, 1.82) is 0 Å². The van der Waals surface area contributed by atoms with Gasteiger partial charge in [-0.2, -0.15) is 4.98 Å². The molecular formula is C19H18N6O3. The van der Waals surface area contributed by atoms with Crippen molar-refractivity contribution in [3.8, 4) is 28.6 Å². The number of ether oxygens (including phenoxy) is 3. The molecule has 0 radical (unpaired) electrons. The smallest absolute Gasteiger partial charge is 0.247 e. The van der Waals surface area contributed by atoms with Crippen molar-refractivity contribution >= 4 is 17.3 Å². The van der Waals surface area contributed by atoms with Gasteiger partial charge in [-0.15, -0.1) is 5.10 Å². The Hall–Kier alpha value is -3.88. The third-order valence-corrected chi connectivity index (χ3v) is 4.11. The Morgan fingerprint density at radius 3 is 2.50 bits per heavy atom. The van der Waals surface area contributed by atoms with E-state index in [-0.39, 0.29) is 0 Å². The largest absolute Gasteiger partial charge is 0.493 e. The minimum absolute atomic E-state index is 0.433. The SMILES string of the molecule is COc1ccc(-c2nccn3nc(Nc4ccc(OC)c(OC)c4)nc23)cn1. The molecule has 0 bridgehead atoms. The number of aromatic nitrogens is 5. The van der Waals surface area contributed by atoms with Gasteiger partial charge in [0.2, 0.25) is 11.8 Å². The van der Waals surface area contributed by atoms with E-state index in [1.807, 2.05) is 24.3 Å². The summed E-state index contributed by atoms with van der Waals surface area (Å²) >= 11 is 0. The fourth-order valence-corrected chi connectivity index (χ4v) is 2.76. The predicted octanol–water partition coefficient (Wildman–Crippen LogP) is 2.96. The third kappa shape index (κ3) is 3.25. The van der Waals surface area contributed by atoms with Crippen LogP contribution in [0.5, 0.6) is 17.4 Å². The van der Waals surface area contributed by atoms with Crippen LogP contribution in [-0.2, 0) is 0 Å². The molecule has 0 fully saturated rings. The monoisotopic (exact) mass is 378 g/mol. The third-order valence-electron chi connectivity index (χ3n) is 4.11. The van der Waals surface area contributed by atoms with Crippen molar-refractivity contribution in [3.63, 3.8) is 0 Å². The molecule has 0 aliphatic carbocycles. The van der Waals surface area contributed by atoms with Gasteiger partial charge in [0.25, 0.3) is 0 Å². The summed E-state index contributed by atoms with van der Waals surface area (Å²) in [5, 5.41) is 7.64. The van der Waals surface area contributed by atoms with Gasteiger partial charge in [-0.05, 0) is 18.2 Å². The molecular weight excluding hydrogens is 360 g/mol. The summed E-state index contributed by atoms with van der Waals surface area (Å²) in [5.74, 6) is 2.23. The molecule has 3 heterocycles. The lowest BCUT2D eigenvalue weighted by Crippen LogP contribution is -1.96. The van der Waals surface area contributed by atoms with Gasteiger partial charge in [-0.1, -0.05) is 0 Å². The number of benzene rings is 1. The minimum Gasteiger partial charge on any atom is -0.493 e. The standard InChI is InChI=1S/C19H18N6O3/c1-26-14-6-5-13(10-15(14)27-2)22-19-23-18-17(20-8-9-25(18)24-19)12-4-7-16(28-3)21-11-12/h4-11H,1-3H3,(H,22,24). The highest BCUT2D eigenvalue weighted by molar-refractivity contribution is 5.74. The quantitative estimate of drug-likeness (QED) is 0.547. The van der Waals surface area contributed by atoms with Crippen LogP contribution >= 0.6 is 0 Å². The van der Waals surface area contributed by atoms with Crippen molar-refractivity contribution in [1.82, 2.24) is 24.6 Å². The number of anilines is 2. The Kier molecular flexibility index (Phi) is 4.63. The molecule has 1 N–H and O–H groups in total. The maximum atomic E-state index is 5.33. The summed E-state index contributed by atoms with van der Waals surface area (Å²) < 4.78 is 17.4. The zero-order valence-corrected chi connectivity index (χ0v) is 15.6. The highest BCUT2D eigenvalue weighted by atomic mass is 16.5. The Labute approximate surface area is 160 Å². The van der Waals surface area contributed by atoms with Gasteiger partial charge < -0.3 is 19.5 Å². The van der Waals surface area contributed by atoms with Crippen molar-refractivity contribution in [2.75, 3.05) is 26.6 Å². The molecule has 9 nitrogen and oxygen atoms in total. The van der Waals surface area contributed by atoms with Gasteiger partial charge in [-0.25, -0.2) is 9.50 Å². The maximum absolute atomic E-state index is 5.33. The molecule has 0 saturated heterocycles. The van der Waals surface area contributed by atoms with Crippen LogP contribution in [0, 0.1) is 0 Å². The van der Waals surface area contributed by atoms with Crippen LogP contribution in [0.2, 0.25) is 0 Å². The molecule has 0 aliphatic heterocycles. The van der Waals surface area contributed by atoms with Crippen LogP contribution in [-0.4, -0.2) is 45.9 Å². The van der Waals surface area contributed by atoms with E-state index >= 15 is 0 Å². The Bertz CT molecular complexity index is 1110. The molecule has 0 amide bonds. The fourth-order valence-electron chi connectivity index (χ4n) is 2.76. The molecule has 0 aliphatic rings. The number of nitrogens with zero attached hydrogens (tertiary/aromatic N) is 5. The second-order valence-electron chi connectivity index (χ2n) is 5.76. The number of rotatable bonds is 6. The summed E-state index contributed by atoms with van der Waals surface area (Å²) in [5.41, 5.74) is 2.87. The first-order valence-electron chi connectivity index (χ1n) is 8.42. The molecule has 4 rings (SSSR count). The molecule has 0 unspecified atom stereocenters. The lowest BCUT2D eigenvalue weighted by molar-refractivity contribution is 0.355. The van der Waals surface area contributed by atoms with Crippen molar-refractivity contribution in [3.05, 3.63) is 48.9 Å². The fraction of sp³-hybridized carbons (Fsp3) is 0.158. The van der Waals surface area contributed by atoms with Crippen LogP contribution < -0.4 is 19.5 Å². The molecule has 0 saturated carbocycles. The molecule has 0 spiro atoms. The number of nitrogens with one attached hydrogen (secondary N) is 1. The van der Waals surface area contributed by atoms with Gasteiger partial charge in [0, 0.05) is 42.0 Å². The zero-order valence-electron chi connectivity index (χ0n) is 15.6. The summed E-state index contributed by atoms with van der Waals surface area (Å²) in [7, 11) is 4.76. The average Bonchev–Trinajstić information content (AvgIpc) is 3.16. The van der Waals surface area contributed by atoms with Gasteiger partial charge >= 0.3 is 0 Å². The van der Waals surface area contributed by atoms with Crippen molar-refractivity contribution in [2.45, 2.75) is 0 Å². The van der Waals surface area contributed by atoms with Gasteiger partial charge in [0.15, 0.2) is 17.1 Å². The Balaban J connectivity index is 1.68. The molecule has 9 heteroatoms. The average molecular weight is 378 g/mol. The van der Waals surface area contributed by atoms with Gasteiger partial charge in [-0.3, -0.25) is 4.98 Å². The number of pyridine rings is 1. The highest BCUT2D eigenvalue weighted by Crippen LogP contribution is 2.31. The van der Waals surface area contributed by atoms with Crippen molar-refractivity contribution < 1.29 is 14.2 Å². The van der Waals surface area contributed by atoms with Crippen LogP contribution in [0.15, 0.2) is 48.9 Å². The number of fused-ring (bicyclic) bond motifs is 1. The van der Waals surface area contributed by atoms with E-state index in [0.29, 0.717) is 34.7 Å².